The van der Waals surface area contributed by atoms with Crippen molar-refractivity contribution >= 4 is 11.9 Å². The van der Waals surface area contributed by atoms with Gasteiger partial charge in [0.15, 0.2) is 0 Å². The van der Waals surface area contributed by atoms with E-state index in [0.717, 1.165) is 18.4 Å². The number of amidine groups is 1. The van der Waals surface area contributed by atoms with Gasteiger partial charge in [-0.2, -0.15) is 0 Å². The molecule has 20 heavy (non-hydrogen) atoms. The van der Waals surface area contributed by atoms with Gasteiger partial charge in [0.2, 0.25) is 6.10 Å². The average molecular weight is 272 g/mol. The molecule has 0 radical (unpaired) electrons. The number of ether oxygens (including phenoxy) is 1. The summed E-state index contributed by atoms with van der Waals surface area (Å²) in [5.74, 6) is -0.122. The first-order valence-corrected chi connectivity index (χ1v) is 7.43. The Morgan fingerprint density at radius 1 is 1.05 bits per heavy atom. The van der Waals surface area contributed by atoms with E-state index in [4.69, 9.17) is 4.74 Å². The van der Waals surface area contributed by atoms with E-state index in [1.165, 1.54) is 25.7 Å². The van der Waals surface area contributed by atoms with Crippen LogP contribution >= 0.6 is 0 Å². The highest BCUT2D eigenvalue weighted by molar-refractivity contribution is 6.02. The number of amides is 1. The molecule has 1 saturated heterocycles. The van der Waals surface area contributed by atoms with Gasteiger partial charge in [-0.25, -0.2) is 4.99 Å². The van der Waals surface area contributed by atoms with E-state index in [9.17, 15) is 4.79 Å². The molecule has 1 aromatic rings. The standard InChI is InChI=1S/C16H20N2O2/c19-15-14(12-8-4-3-5-9-12)20-16(18-15)17-13-10-6-1-2-7-11-13/h3-5,8-9,13-14H,1-2,6-7,10-11H2,(H,17,18,19). The van der Waals surface area contributed by atoms with Crippen LogP contribution in [0.3, 0.4) is 0 Å². The van der Waals surface area contributed by atoms with E-state index in [1.807, 2.05) is 30.3 Å². The van der Waals surface area contributed by atoms with Gasteiger partial charge in [0, 0.05) is 5.56 Å². The Kier molecular flexibility index (Phi) is 4.00. The largest absolute Gasteiger partial charge is 0.447 e. The van der Waals surface area contributed by atoms with Crippen LogP contribution in [-0.2, 0) is 9.53 Å². The van der Waals surface area contributed by atoms with Crippen molar-refractivity contribution in [3.05, 3.63) is 35.9 Å². The van der Waals surface area contributed by atoms with Crippen LogP contribution in [0.5, 0.6) is 0 Å². The molecule has 106 valence electrons. The summed E-state index contributed by atoms with van der Waals surface area (Å²) >= 11 is 0. The molecule has 1 N–H and O–H groups in total. The summed E-state index contributed by atoms with van der Waals surface area (Å²) in [6.07, 6.45) is 6.66. The molecule has 1 aliphatic heterocycles. The minimum absolute atomic E-state index is 0.122. The van der Waals surface area contributed by atoms with E-state index in [2.05, 4.69) is 10.3 Å². The molecular weight excluding hydrogens is 252 g/mol. The number of carbonyl (C=O) groups is 1. The molecule has 0 bridgehead atoms. The fourth-order valence-corrected chi connectivity index (χ4v) is 2.83. The lowest BCUT2D eigenvalue weighted by molar-refractivity contribution is -0.123. The van der Waals surface area contributed by atoms with Crippen molar-refractivity contribution in [2.24, 2.45) is 4.99 Å². The van der Waals surface area contributed by atoms with E-state index in [0.29, 0.717) is 12.1 Å². The Hall–Kier alpha value is -1.84. The first kappa shape index (κ1) is 13.2. The normalized spacial score (nSPS) is 26.1. The quantitative estimate of drug-likeness (QED) is 0.841. The van der Waals surface area contributed by atoms with Crippen molar-refractivity contribution in [3.63, 3.8) is 0 Å². The summed E-state index contributed by atoms with van der Waals surface area (Å²) in [7, 11) is 0. The van der Waals surface area contributed by atoms with Gasteiger partial charge in [-0.3, -0.25) is 10.1 Å². The van der Waals surface area contributed by atoms with Crippen molar-refractivity contribution in [1.29, 1.82) is 0 Å². The molecule has 1 saturated carbocycles. The van der Waals surface area contributed by atoms with Crippen molar-refractivity contribution in [1.82, 2.24) is 5.32 Å². The number of carbonyl (C=O) groups excluding carboxylic acids is 1. The minimum Gasteiger partial charge on any atom is -0.447 e. The maximum absolute atomic E-state index is 12.0. The van der Waals surface area contributed by atoms with Crippen LogP contribution in [0.25, 0.3) is 0 Å². The summed E-state index contributed by atoms with van der Waals surface area (Å²) in [4.78, 5) is 16.6. The van der Waals surface area contributed by atoms with Gasteiger partial charge in [-0.1, -0.05) is 56.0 Å². The molecule has 2 fully saturated rings. The highest BCUT2D eigenvalue weighted by Gasteiger charge is 2.32. The molecule has 2 aliphatic rings. The molecule has 1 unspecified atom stereocenters. The first-order valence-electron chi connectivity index (χ1n) is 7.43. The van der Waals surface area contributed by atoms with E-state index in [-0.39, 0.29) is 5.91 Å². The van der Waals surface area contributed by atoms with Crippen molar-refractivity contribution in [3.8, 4) is 0 Å². The number of rotatable bonds is 2. The van der Waals surface area contributed by atoms with Gasteiger partial charge in [0.1, 0.15) is 0 Å². The molecule has 1 atom stereocenters. The summed E-state index contributed by atoms with van der Waals surface area (Å²) in [5, 5.41) is 2.76. The fraction of sp³-hybridized carbons (Fsp3) is 0.500. The topological polar surface area (TPSA) is 50.7 Å². The van der Waals surface area contributed by atoms with Gasteiger partial charge in [-0.05, 0) is 12.8 Å². The van der Waals surface area contributed by atoms with Crippen molar-refractivity contribution < 1.29 is 9.53 Å². The van der Waals surface area contributed by atoms with E-state index < -0.39 is 6.10 Å². The third kappa shape index (κ3) is 3.00. The van der Waals surface area contributed by atoms with Crippen LogP contribution in [0.1, 0.15) is 50.2 Å². The lowest BCUT2D eigenvalue weighted by atomic mass is 10.1. The molecule has 4 nitrogen and oxygen atoms in total. The number of nitrogens with one attached hydrogen (secondary N) is 1. The summed E-state index contributed by atoms with van der Waals surface area (Å²) in [6.45, 7) is 0. The van der Waals surface area contributed by atoms with E-state index >= 15 is 0 Å². The zero-order chi connectivity index (χ0) is 13.8. The molecular formula is C16H20N2O2. The number of nitrogens with zero attached hydrogens (tertiary/aromatic N) is 1. The highest BCUT2D eigenvalue weighted by Crippen LogP contribution is 2.24. The van der Waals surface area contributed by atoms with Crippen molar-refractivity contribution in [2.75, 3.05) is 0 Å². The second kappa shape index (κ2) is 6.07. The van der Waals surface area contributed by atoms with Gasteiger partial charge in [-0.15, -0.1) is 0 Å². The number of benzene rings is 1. The Labute approximate surface area is 119 Å². The summed E-state index contributed by atoms with van der Waals surface area (Å²) < 4.78 is 5.69. The Balaban J connectivity index is 1.69. The van der Waals surface area contributed by atoms with Gasteiger partial charge in [0.25, 0.3) is 11.9 Å². The van der Waals surface area contributed by atoms with Crippen LogP contribution in [0.2, 0.25) is 0 Å². The first-order chi connectivity index (χ1) is 9.83. The molecule has 3 rings (SSSR count). The Bertz CT molecular complexity index is 490. The Morgan fingerprint density at radius 2 is 1.75 bits per heavy atom. The van der Waals surface area contributed by atoms with Crippen LogP contribution in [0.4, 0.5) is 0 Å². The van der Waals surface area contributed by atoms with Crippen LogP contribution in [-0.4, -0.2) is 18.0 Å². The number of aliphatic imine (C=N–C) groups is 1. The fourth-order valence-electron chi connectivity index (χ4n) is 2.83. The predicted octanol–water partition coefficient (Wildman–Crippen LogP) is 2.95. The molecule has 4 heteroatoms. The third-order valence-electron chi connectivity index (χ3n) is 3.92. The van der Waals surface area contributed by atoms with Crippen LogP contribution < -0.4 is 5.32 Å². The predicted molar refractivity (Wildman–Crippen MR) is 77.3 cm³/mol. The van der Waals surface area contributed by atoms with Crippen LogP contribution in [0, 0.1) is 0 Å². The zero-order valence-electron chi connectivity index (χ0n) is 11.5. The average Bonchev–Trinajstić information content (AvgIpc) is 2.67. The minimum atomic E-state index is -0.555. The molecule has 1 heterocycles. The third-order valence-corrected chi connectivity index (χ3v) is 3.92. The lowest BCUT2D eigenvalue weighted by Crippen LogP contribution is -2.23. The van der Waals surface area contributed by atoms with Crippen LogP contribution in [0.15, 0.2) is 35.3 Å². The maximum Gasteiger partial charge on any atom is 0.292 e. The highest BCUT2D eigenvalue weighted by atomic mass is 16.5. The Morgan fingerprint density at radius 3 is 2.45 bits per heavy atom. The molecule has 0 spiro atoms. The second-order valence-electron chi connectivity index (χ2n) is 5.48. The van der Waals surface area contributed by atoms with Gasteiger partial charge in [0.05, 0.1) is 6.04 Å². The summed E-state index contributed by atoms with van der Waals surface area (Å²) in [6, 6.07) is 10.2. The maximum atomic E-state index is 12.0. The molecule has 1 aromatic carbocycles. The summed E-state index contributed by atoms with van der Waals surface area (Å²) in [5.41, 5.74) is 0.871. The van der Waals surface area contributed by atoms with E-state index in [1.54, 1.807) is 0 Å². The number of hydrogen-bond donors (Lipinski definition) is 1. The zero-order valence-corrected chi connectivity index (χ0v) is 11.5. The van der Waals surface area contributed by atoms with Gasteiger partial charge >= 0.3 is 0 Å². The van der Waals surface area contributed by atoms with Gasteiger partial charge < -0.3 is 4.74 Å². The molecule has 0 aromatic heterocycles. The molecule has 1 amide bonds. The lowest BCUT2D eigenvalue weighted by Gasteiger charge is -2.10. The monoisotopic (exact) mass is 272 g/mol. The second-order valence-corrected chi connectivity index (χ2v) is 5.48. The molecule has 1 aliphatic carbocycles. The number of hydrogen-bond acceptors (Lipinski definition) is 3. The van der Waals surface area contributed by atoms with Crippen molar-refractivity contribution in [2.45, 2.75) is 50.7 Å². The SMILES string of the molecule is O=C1NC(=NC2CCCCCC2)OC1c1ccccc1. The smallest absolute Gasteiger partial charge is 0.292 e.